The molecule has 0 unspecified atom stereocenters. The van der Waals surface area contributed by atoms with E-state index in [0.717, 1.165) is 0 Å². The van der Waals surface area contributed by atoms with Crippen LogP contribution in [0.5, 0.6) is 0 Å². The van der Waals surface area contributed by atoms with Crippen LogP contribution in [-0.2, 0) is 19.1 Å². The minimum Gasteiger partial charge on any atom is -0.452 e. The Morgan fingerprint density at radius 2 is 2.25 bits per heavy atom. The van der Waals surface area contributed by atoms with Gasteiger partial charge >= 0.3 is 5.97 Å². The summed E-state index contributed by atoms with van der Waals surface area (Å²) < 4.78 is 8.91. The molecule has 0 aliphatic rings. The van der Waals surface area contributed by atoms with Gasteiger partial charge in [-0.25, -0.2) is 0 Å². The molecule has 0 radical (unpaired) electrons. The maximum atomic E-state index is 10.7. The highest BCUT2D eigenvalue weighted by Crippen LogP contribution is 1.83. The maximum Gasteiger partial charge on any atom is 0.321 e. The number of nitrogens with zero attached hydrogens (tertiary/aromatic N) is 1. The summed E-state index contributed by atoms with van der Waals surface area (Å²) in [5.74, 6) is 4.59. The molecule has 1 N–H and O–H groups in total. The third-order valence-electron chi connectivity index (χ3n) is 1.22. The van der Waals surface area contributed by atoms with Gasteiger partial charge < -0.3 is 14.8 Å². The Morgan fingerprint density at radius 3 is 2.88 bits per heavy atom. The number of nitrogens with one attached hydrogen (secondary N) is 1. The Labute approximate surface area is 92.8 Å². The molecule has 6 nitrogen and oxygen atoms in total. The summed E-state index contributed by atoms with van der Waals surface area (Å²) >= 11 is 0. The van der Waals surface area contributed by atoms with E-state index in [4.69, 9.17) is 5.26 Å². The fourth-order valence-corrected chi connectivity index (χ4v) is 0.588. The number of hydrogen-bond acceptors (Lipinski definition) is 6. The Bertz CT molecular complexity index is 359. The highest BCUT2D eigenvalue weighted by atomic mass is 16.5. The van der Waals surface area contributed by atoms with Crippen molar-refractivity contribution >= 4 is 12.4 Å². The average Bonchev–Trinajstić information content (AvgIpc) is 2.24. The van der Waals surface area contributed by atoms with Crippen molar-refractivity contribution in [3.8, 4) is 17.9 Å². The number of esters is 1. The van der Waals surface area contributed by atoms with Crippen LogP contribution in [0.1, 0.15) is 6.42 Å². The molecule has 0 aliphatic carbocycles. The summed E-state index contributed by atoms with van der Waals surface area (Å²) in [6, 6.07) is 1.65. The summed E-state index contributed by atoms with van der Waals surface area (Å²) in [6.45, 7) is 3.73. The molecule has 6 heteroatoms. The molecular weight excluding hydrogens is 212 g/mol. The summed E-state index contributed by atoms with van der Waals surface area (Å²) in [7, 11) is 0. The van der Waals surface area contributed by atoms with Gasteiger partial charge in [0.2, 0.25) is 0 Å². The molecule has 16 heavy (non-hydrogen) atoms. The third kappa shape index (κ3) is 8.14. The van der Waals surface area contributed by atoms with Crippen LogP contribution in [0.25, 0.3) is 0 Å². The van der Waals surface area contributed by atoms with Gasteiger partial charge in [-0.05, 0) is 6.58 Å². The summed E-state index contributed by atoms with van der Waals surface area (Å²) in [5.41, 5.74) is 0. The van der Waals surface area contributed by atoms with Gasteiger partial charge in [-0.3, -0.25) is 9.59 Å². The highest BCUT2D eigenvalue weighted by Gasteiger charge is 1.97. The normalized spacial score (nSPS) is 7.69. The molecule has 84 valence electrons. The quantitative estimate of drug-likeness (QED) is 0.287. The Kier molecular flexibility index (Phi) is 7.69. The van der Waals surface area contributed by atoms with Gasteiger partial charge in [0.15, 0.2) is 12.5 Å². The van der Waals surface area contributed by atoms with Gasteiger partial charge in [0, 0.05) is 0 Å². The monoisotopic (exact) mass is 222 g/mol. The summed E-state index contributed by atoms with van der Waals surface area (Å²) in [5, 5.41) is 10.7. The molecule has 0 heterocycles. The van der Waals surface area contributed by atoms with Crippen LogP contribution in [0.4, 0.5) is 0 Å². The number of rotatable bonds is 6. The van der Waals surface area contributed by atoms with E-state index in [-0.39, 0.29) is 31.9 Å². The molecule has 0 amide bonds. The first-order chi connectivity index (χ1) is 7.70. The van der Waals surface area contributed by atoms with E-state index in [0.29, 0.717) is 0 Å². The van der Waals surface area contributed by atoms with Crippen LogP contribution in [0.2, 0.25) is 0 Å². The van der Waals surface area contributed by atoms with Gasteiger partial charge in [-0.1, -0.05) is 11.8 Å². The maximum absolute atomic E-state index is 10.7. The zero-order valence-corrected chi connectivity index (χ0v) is 8.49. The molecule has 0 atom stereocenters. The Morgan fingerprint density at radius 1 is 1.50 bits per heavy atom. The number of ether oxygens (including phenoxy) is 2. The lowest BCUT2D eigenvalue weighted by Crippen LogP contribution is -2.14. The van der Waals surface area contributed by atoms with Crippen molar-refractivity contribution < 1.29 is 19.1 Å². The average molecular weight is 222 g/mol. The van der Waals surface area contributed by atoms with Crippen LogP contribution in [0.3, 0.4) is 0 Å². The van der Waals surface area contributed by atoms with Crippen molar-refractivity contribution in [1.82, 2.24) is 5.32 Å². The van der Waals surface area contributed by atoms with Crippen molar-refractivity contribution in [3.63, 3.8) is 0 Å². The smallest absolute Gasteiger partial charge is 0.321 e. The molecule has 0 bridgehead atoms. The molecule has 0 spiro atoms. The zero-order valence-electron chi connectivity index (χ0n) is 8.49. The fraction of sp³-hybridized carbons (Fsp3) is 0.300. The predicted molar refractivity (Wildman–Crippen MR) is 53.3 cm³/mol. The number of hydrogen-bond donors (Lipinski definition) is 1. The lowest BCUT2D eigenvalue weighted by atomic mass is 10.5. The molecule has 0 aromatic rings. The van der Waals surface area contributed by atoms with Crippen molar-refractivity contribution in [2.24, 2.45) is 0 Å². The third-order valence-corrected chi connectivity index (χ3v) is 1.22. The molecule has 0 aromatic carbocycles. The minimum atomic E-state index is -0.613. The highest BCUT2D eigenvalue weighted by molar-refractivity contribution is 5.71. The first kappa shape index (κ1) is 13.5. The van der Waals surface area contributed by atoms with E-state index < -0.39 is 5.97 Å². The fourth-order valence-electron chi connectivity index (χ4n) is 0.588. The second kappa shape index (κ2) is 9.10. The van der Waals surface area contributed by atoms with E-state index in [1.165, 1.54) is 0 Å². The van der Waals surface area contributed by atoms with E-state index in [1.807, 2.05) is 0 Å². The van der Waals surface area contributed by atoms with Gasteiger partial charge in [0.05, 0.1) is 12.6 Å². The van der Waals surface area contributed by atoms with E-state index in [2.05, 4.69) is 33.2 Å². The van der Waals surface area contributed by atoms with Crippen LogP contribution < -0.4 is 5.32 Å². The first-order valence-electron chi connectivity index (χ1n) is 4.22. The van der Waals surface area contributed by atoms with Crippen LogP contribution in [-0.4, -0.2) is 25.6 Å². The van der Waals surface area contributed by atoms with E-state index >= 15 is 0 Å². The molecule has 0 aromatic heterocycles. The van der Waals surface area contributed by atoms with Gasteiger partial charge in [0.1, 0.15) is 6.42 Å². The van der Waals surface area contributed by atoms with Crippen LogP contribution >= 0.6 is 0 Å². The SMILES string of the molecule is C=C(NCC#CCOC(=O)CC#N)OC=O. The van der Waals surface area contributed by atoms with Gasteiger partial charge in [0.25, 0.3) is 6.47 Å². The first-order valence-corrected chi connectivity index (χ1v) is 4.22. The zero-order chi connectivity index (χ0) is 12.2. The molecule has 0 saturated heterocycles. The topological polar surface area (TPSA) is 88.4 Å². The molecule has 0 fully saturated rings. The minimum absolute atomic E-state index is 0.0802. The summed E-state index contributed by atoms with van der Waals surface area (Å²) in [6.07, 6.45) is -0.288. The lowest BCUT2D eigenvalue weighted by molar-refractivity contribution is -0.141. The Balaban J connectivity index is 3.56. The van der Waals surface area contributed by atoms with Gasteiger partial charge in [-0.2, -0.15) is 5.26 Å². The lowest BCUT2D eigenvalue weighted by Gasteiger charge is -2.01. The largest absolute Gasteiger partial charge is 0.452 e. The standard InChI is InChI=1S/C10H10N2O4/c1-9(16-8-13)12-6-2-3-7-15-10(14)4-5-11/h8,12H,1,4,6-7H2. The van der Waals surface area contributed by atoms with Crippen molar-refractivity contribution in [1.29, 1.82) is 5.26 Å². The number of carbonyl (C=O) groups excluding carboxylic acids is 2. The Hall–Kier alpha value is -2.47. The number of carbonyl (C=O) groups is 2. The van der Waals surface area contributed by atoms with Crippen LogP contribution in [0.15, 0.2) is 12.5 Å². The second-order valence-electron chi connectivity index (χ2n) is 2.34. The predicted octanol–water partition coefficient (Wildman–Crippen LogP) is -0.320. The van der Waals surface area contributed by atoms with Crippen molar-refractivity contribution in [3.05, 3.63) is 12.5 Å². The van der Waals surface area contributed by atoms with Crippen molar-refractivity contribution in [2.45, 2.75) is 6.42 Å². The molecule has 0 rings (SSSR count). The molecule has 0 aliphatic heterocycles. The number of nitriles is 1. The molecule has 0 saturated carbocycles. The van der Waals surface area contributed by atoms with Crippen molar-refractivity contribution in [2.75, 3.05) is 13.2 Å². The summed E-state index contributed by atoms with van der Waals surface area (Å²) in [4.78, 5) is 20.5. The van der Waals surface area contributed by atoms with E-state index in [9.17, 15) is 9.59 Å². The van der Waals surface area contributed by atoms with Crippen LogP contribution in [0, 0.1) is 23.2 Å². The van der Waals surface area contributed by atoms with Gasteiger partial charge in [-0.15, -0.1) is 0 Å². The van der Waals surface area contributed by atoms with E-state index in [1.54, 1.807) is 6.07 Å². The molecular formula is C10H10N2O4. The second-order valence-corrected chi connectivity index (χ2v) is 2.34.